The van der Waals surface area contributed by atoms with Crippen LogP contribution >= 0.6 is 0 Å². The molecule has 0 spiro atoms. The number of benzene rings is 2. The van der Waals surface area contributed by atoms with E-state index < -0.39 is 0 Å². The fourth-order valence-electron chi connectivity index (χ4n) is 4.63. The number of quaternary nitrogens is 1. The molecule has 2 aliphatic rings. The summed E-state index contributed by atoms with van der Waals surface area (Å²) in [6.07, 6.45) is 6.12. The second-order valence-corrected chi connectivity index (χ2v) is 8.30. The quantitative estimate of drug-likeness (QED) is 0.602. The highest BCUT2D eigenvalue weighted by Crippen LogP contribution is 2.39. The maximum atomic E-state index is 13.0. The average molecular weight is 389 g/mol. The number of fused-ring (bicyclic) bond motifs is 2. The van der Waals surface area contributed by atoms with Gasteiger partial charge in [0.2, 0.25) is 5.78 Å². The summed E-state index contributed by atoms with van der Waals surface area (Å²) in [5, 5.41) is 11.6. The zero-order valence-corrected chi connectivity index (χ0v) is 16.5. The minimum atomic E-state index is -0.131. The van der Waals surface area contributed by atoms with Crippen LogP contribution in [0.5, 0.6) is 11.5 Å². The summed E-state index contributed by atoms with van der Waals surface area (Å²) < 4.78 is 6.05. The van der Waals surface area contributed by atoms with E-state index in [1.165, 1.54) is 17.7 Å². The van der Waals surface area contributed by atoms with Crippen molar-refractivity contribution in [2.45, 2.75) is 26.3 Å². The van der Waals surface area contributed by atoms with E-state index in [0.29, 0.717) is 29.5 Å². The first-order valence-corrected chi connectivity index (χ1v) is 10.3. The van der Waals surface area contributed by atoms with Crippen LogP contribution in [0.15, 0.2) is 48.4 Å². The third-order valence-electron chi connectivity index (χ3n) is 6.12. The number of aromatic hydroxyl groups is 1. The number of Topliss-reactive ketones (excluding diaryl/α,β-unsaturated/α-hetero) is 1. The second-order valence-electron chi connectivity index (χ2n) is 8.30. The Kier molecular flexibility index (Phi) is 4.40. The lowest BCUT2D eigenvalue weighted by atomic mass is 9.99. The summed E-state index contributed by atoms with van der Waals surface area (Å²) in [5.41, 5.74) is 3.21. The summed E-state index contributed by atoms with van der Waals surface area (Å²) in [6, 6.07) is 11.3. The first kappa shape index (κ1) is 18.0. The molecule has 5 rings (SSSR count). The lowest BCUT2D eigenvalue weighted by Gasteiger charge is -2.28. The minimum Gasteiger partial charge on any atom is -0.507 e. The number of piperidine rings is 1. The van der Waals surface area contributed by atoms with Crippen molar-refractivity contribution in [3.63, 3.8) is 0 Å². The van der Waals surface area contributed by atoms with E-state index in [1.54, 1.807) is 18.2 Å². The van der Waals surface area contributed by atoms with Gasteiger partial charge in [0.05, 0.1) is 24.2 Å². The van der Waals surface area contributed by atoms with E-state index in [-0.39, 0.29) is 11.5 Å². The molecule has 0 saturated carbocycles. The number of ether oxygens (including phenoxy) is 1. The first-order valence-electron chi connectivity index (χ1n) is 10.3. The number of phenolic OH excluding ortho intramolecular Hbond substituents is 1. The number of carbonyl (C=O) groups is 1. The van der Waals surface area contributed by atoms with Crippen molar-refractivity contribution >= 4 is 22.8 Å². The molecule has 3 aromatic rings. The molecule has 5 heteroatoms. The molecule has 2 aliphatic heterocycles. The molecule has 3 N–H and O–H groups in total. The Hall–Kier alpha value is -3.05. The number of para-hydroxylation sites is 1. The Bertz CT molecular complexity index is 1130. The number of phenols is 1. The third kappa shape index (κ3) is 3.21. The third-order valence-corrected chi connectivity index (χ3v) is 6.12. The van der Waals surface area contributed by atoms with Gasteiger partial charge in [-0.1, -0.05) is 25.1 Å². The maximum absolute atomic E-state index is 13.0. The molecule has 1 saturated heterocycles. The molecule has 29 heavy (non-hydrogen) atoms. The molecule has 3 heterocycles. The highest BCUT2D eigenvalue weighted by Gasteiger charge is 2.33. The van der Waals surface area contributed by atoms with E-state index in [9.17, 15) is 9.90 Å². The number of H-pyrrole nitrogens is 1. The Morgan fingerprint density at radius 1 is 1.28 bits per heavy atom. The van der Waals surface area contributed by atoms with Gasteiger partial charge in [0.15, 0.2) is 11.5 Å². The number of hydrogen-bond donors (Lipinski definition) is 3. The van der Waals surface area contributed by atoms with Gasteiger partial charge in [-0.3, -0.25) is 4.79 Å². The topological polar surface area (TPSA) is 66.8 Å². The van der Waals surface area contributed by atoms with Crippen molar-refractivity contribution in [2.75, 3.05) is 13.1 Å². The Balaban J connectivity index is 1.49. The minimum absolute atomic E-state index is 0.131. The number of aromatic nitrogens is 1. The molecular weight excluding hydrogens is 364 g/mol. The van der Waals surface area contributed by atoms with Crippen LogP contribution in [0, 0.1) is 5.92 Å². The highest BCUT2D eigenvalue weighted by molar-refractivity contribution is 6.15. The number of hydrogen-bond acceptors (Lipinski definition) is 3. The summed E-state index contributed by atoms with van der Waals surface area (Å²) in [5.74, 6) is 1.58. The summed E-state index contributed by atoms with van der Waals surface area (Å²) in [6.45, 7) is 5.11. The number of aromatic amines is 1. The number of carbonyl (C=O) groups excluding carboxylic acids is 1. The predicted molar refractivity (Wildman–Crippen MR) is 112 cm³/mol. The molecule has 0 aliphatic carbocycles. The zero-order chi connectivity index (χ0) is 20.0. The average Bonchev–Trinajstić information content (AvgIpc) is 3.26. The first-order chi connectivity index (χ1) is 14.1. The molecule has 1 unspecified atom stereocenters. The van der Waals surface area contributed by atoms with Crippen molar-refractivity contribution in [1.82, 2.24) is 4.98 Å². The van der Waals surface area contributed by atoms with Gasteiger partial charge in [-0.05, 0) is 37.1 Å². The van der Waals surface area contributed by atoms with E-state index in [1.807, 2.05) is 30.5 Å². The molecule has 5 nitrogen and oxygen atoms in total. The van der Waals surface area contributed by atoms with E-state index in [2.05, 4.69) is 11.9 Å². The fraction of sp³-hybridized carbons (Fsp3) is 0.292. The standard InChI is InChI=1S/C24H24N2O3/c1-15-5-4-10-26(13-15)14-19-21(27)9-8-18-23(28)22(29-24(18)19)11-16-12-25-20-7-3-2-6-17(16)20/h2-3,6-9,11-12,15,25,27H,4-5,10,13-14H2,1H3/p+1/b22-11+/t15-/m1/s1. The number of allylic oxidation sites excluding steroid dienone is 1. The van der Waals surface area contributed by atoms with Gasteiger partial charge in [0.1, 0.15) is 12.3 Å². The van der Waals surface area contributed by atoms with Crippen LogP contribution in [0.3, 0.4) is 0 Å². The second kappa shape index (κ2) is 7.08. The van der Waals surface area contributed by atoms with Crippen molar-refractivity contribution in [3.8, 4) is 11.5 Å². The van der Waals surface area contributed by atoms with Crippen LogP contribution < -0.4 is 9.64 Å². The normalized spacial score (nSPS) is 22.8. The number of rotatable bonds is 3. The molecule has 2 atom stereocenters. The summed E-state index contributed by atoms with van der Waals surface area (Å²) >= 11 is 0. The highest BCUT2D eigenvalue weighted by atomic mass is 16.5. The van der Waals surface area contributed by atoms with Crippen LogP contribution in [0.1, 0.15) is 41.3 Å². The van der Waals surface area contributed by atoms with Crippen molar-refractivity contribution < 1.29 is 19.5 Å². The molecule has 0 radical (unpaired) electrons. The smallest absolute Gasteiger partial charge is 0.231 e. The van der Waals surface area contributed by atoms with E-state index in [0.717, 1.165) is 35.1 Å². The molecule has 0 bridgehead atoms. The molecule has 1 fully saturated rings. The van der Waals surface area contributed by atoms with Gasteiger partial charge in [0.25, 0.3) is 0 Å². The maximum Gasteiger partial charge on any atom is 0.231 e. The monoisotopic (exact) mass is 389 g/mol. The van der Waals surface area contributed by atoms with Gasteiger partial charge in [0, 0.05) is 28.6 Å². The molecule has 0 amide bonds. The van der Waals surface area contributed by atoms with Crippen LogP contribution in [0.25, 0.3) is 17.0 Å². The van der Waals surface area contributed by atoms with Crippen LogP contribution in [0.4, 0.5) is 0 Å². The zero-order valence-electron chi connectivity index (χ0n) is 16.5. The molecule has 2 aromatic carbocycles. The Morgan fingerprint density at radius 2 is 2.14 bits per heavy atom. The van der Waals surface area contributed by atoms with Crippen LogP contribution in [-0.2, 0) is 6.54 Å². The van der Waals surface area contributed by atoms with Crippen LogP contribution in [-0.4, -0.2) is 29.0 Å². The SMILES string of the molecule is C[C@@H]1CCC[NH+](Cc2c(O)ccc3c2O/C(=C/c2c[nH]c4ccccc24)C3=O)C1. The lowest BCUT2D eigenvalue weighted by Crippen LogP contribution is -3.12. The molecule has 1 aromatic heterocycles. The molecule has 148 valence electrons. The number of nitrogens with one attached hydrogen (secondary N) is 2. The van der Waals surface area contributed by atoms with Crippen molar-refractivity contribution in [2.24, 2.45) is 5.92 Å². The fourth-order valence-corrected chi connectivity index (χ4v) is 4.63. The number of likely N-dealkylation sites (tertiary alicyclic amines) is 1. The van der Waals surface area contributed by atoms with Gasteiger partial charge < -0.3 is 19.7 Å². The van der Waals surface area contributed by atoms with Gasteiger partial charge in [-0.15, -0.1) is 0 Å². The van der Waals surface area contributed by atoms with Crippen LogP contribution in [0.2, 0.25) is 0 Å². The molecular formula is C24H25N2O3+. The van der Waals surface area contributed by atoms with Crippen molar-refractivity contribution in [1.29, 1.82) is 0 Å². The van der Waals surface area contributed by atoms with E-state index in [4.69, 9.17) is 4.74 Å². The van der Waals surface area contributed by atoms with E-state index >= 15 is 0 Å². The largest absolute Gasteiger partial charge is 0.507 e. The Morgan fingerprint density at radius 3 is 3.00 bits per heavy atom. The van der Waals surface area contributed by atoms with Gasteiger partial charge in [-0.25, -0.2) is 0 Å². The Labute approximate surface area is 169 Å². The number of ketones is 1. The lowest BCUT2D eigenvalue weighted by molar-refractivity contribution is -0.922. The summed E-state index contributed by atoms with van der Waals surface area (Å²) in [7, 11) is 0. The van der Waals surface area contributed by atoms with Crippen molar-refractivity contribution in [3.05, 3.63) is 65.0 Å². The van der Waals surface area contributed by atoms with Gasteiger partial charge >= 0.3 is 0 Å². The van der Waals surface area contributed by atoms with Gasteiger partial charge in [-0.2, -0.15) is 0 Å². The predicted octanol–water partition coefficient (Wildman–Crippen LogP) is 3.30. The summed E-state index contributed by atoms with van der Waals surface area (Å²) in [4.78, 5) is 17.6.